The zero-order chi connectivity index (χ0) is 23.9. The third-order valence-electron chi connectivity index (χ3n) is 4.86. The number of esters is 1. The number of aliphatic carboxylic acids is 1. The maximum atomic E-state index is 13.0. The van der Waals surface area contributed by atoms with Crippen LogP contribution in [0.15, 0.2) is 48.5 Å². The Hall–Kier alpha value is -3.06. The Kier molecular flexibility index (Phi) is 8.66. The van der Waals surface area contributed by atoms with Crippen molar-refractivity contribution in [3.63, 3.8) is 0 Å². The third kappa shape index (κ3) is 6.72. The van der Waals surface area contributed by atoms with E-state index in [9.17, 15) is 19.5 Å². The Balaban J connectivity index is 2.52. The van der Waals surface area contributed by atoms with Crippen molar-refractivity contribution in [3.05, 3.63) is 77.2 Å². The van der Waals surface area contributed by atoms with Gasteiger partial charge in [-0.05, 0) is 42.2 Å². The first-order valence-electron chi connectivity index (χ1n) is 10.1. The van der Waals surface area contributed by atoms with Gasteiger partial charge in [0, 0.05) is 24.3 Å². The summed E-state index contributed by atoms with van der Waals surface area (Å²) in [6, 6.07) is 13.8. The van der Waals surface area contributed by atoms with Gasteiger partial charge in [0.05, 0.1) is 5.54 Å². The Morgan fingerprint density at radius 1 is 1.03 bits per heavy atom. The van der Waals surface area contributed by atoms with E-state index in [-0.39, 0.29) is 18.8 Å². The topological polar surface area (TPSA) is 102 Å². The molecule has 8 heteroatoms. The number of benzene rings is 2. The molecule has 0 heterocycles. The molecule has 32 heavy (non-hydrogen) atoms. The van der Waals surface area contributed by atoms with Gasteiger partial charge in [-0.25, -0.2) is 4.79 Å². The van der Waals surface area contributed by atoms with E-state index in [2.05, 4.69) is 12.2 Å². The summed E-state index contributed by atoms with van der Waals surface area (Å²) in [5.41, 5.74) is 0.768. The summed E-state index contributed by atoms with van der Waals surface area (Å²) in [6.45, 7) is 8.58. The third-order valence-corrected chi connectivity index (χ3v) is 5.11. The Morgan fingerprint density at radius 2 is 1.56 bits per heavy atom. The minimum atomic E-state index is -1.24. The summed E-state index contributed by atoms with van der Waals surface area (Å²) in [5.74, 6) is -1.90. The molecule has 0 saturated heterocycles. The van der Waals surface area contributed by atoms with Gasteiger partial charge in [0.25, 0.3) is 6.29 Å². The summed E-state index contributed by atoms with van der Waals surface area (Å²) in [5, 5.41) is 12.7. The van der Waals surface area contributed by atoms with E-state index in [4.69, 9.17) is 21.1 Å². The van der Waals surface area contributed by atoms with Gasteiger partial charge in [-0.1, -0.05) is 61.8 Å². The number of halogens is 1. The number of hydrogen-bond acceptors (Lipinski definition) is 5. The number of ether oxygens (including phenoxy) is 2. The molecule has 2 rings (SSSR count). The van der Waals surface area contributed by atoms with Crippen molar-refractivity contribution in [1.82, 2.24) is 5.32 Å². The molecule has 0 saturated carbocycles. The second-order valence-electron chi connectivity index (χ2n) is 7.76. The molecule has 0 aromatic heterocycles. The summed E-state index contributed by atoms with van der Waals surface area (Å²) in [6.07, 6.45) is -2.15. The molecule has 2 unspecified atom stereocenters. The highest BCUT2D eigenvalue weighted by Crippen LogP contribution is 2.35. The summed E-state index contributed by atoms with van der Waals surface area (Å²) >= 11 is 6.05. The number of carbonyl (C=O) groups is 3. The van der Waals surface area contributed by atoms with Gasteiger partial charge in [-0.15, -0.1) is 0 Å². The lowest BCUT2D eigenvalue weighted by Gasteiger charge is -2.36. The fourth-order valence-corrected chi connectivity index (χ4v) is 3.38. The molecule has 0 aliphatic carbocycles. The Labute approximate surface area is 192 Å². The van der Waals surface area contributed by atoms with E-state index in [0.717, 1.165) is 5.56 Å². The molecule has 0 bridgehead atoms. The van der Waals surface area contributed by atoms with E-state index in [1.54, 1.807) is 62.4 Å². The summed E-state index contributed by atoms with van der Waals surface area (Å²) < 4.78 is 10.5. The number of carbonyl (C=O) groups excluding carboxylic acids is 2. The van der Waals surface area contributed by atoms with E-state index in [1.807, 2.05) is 0 Å². The highest BCUT2D eigenvalue weighted by Gasteiger charge is 2.38. The normalized spacial score (nSPS) is 13.7. The van der Waals surface area contributed by atoms with Crippen LogP contribution >= 0.6 is 11.6 Å². The number of carboxylic acids is 1. The van der Waals surface area contributed by atoms with Gasteiger partial charge in [0.2, 0.25) is 0 Å². The van der Waals surface area contributed by atoms with Crippen molar-refractivity contribution in [2.45, 2.75) is 45.4 Å². The van der Waals surface area contributed by atoms with Gasteiger partial charge >= 0.3 is 18.0 Å². The lowest BCUT2D eigenvalue weighted by Crippen LogP contribution is -2.49. The molecule has 1 amide bonds. The quantitative estimate of drug-likeness (QED) is 0.407. The molecule has 2 N–H and O–H groups in total. The van der Waals surface area contributed by atoms with Crippen LogP contribution in [-0.2, 0) is 24.6 Å². The van der Waals surface area contributed by atoms with Gasteiger partial charge in [0.15, 0.2) is 0 Å². The molecular weight excluding hydrogens is 434 g/mol. The van der Waals surface area contributed by atoms with Crippen molar-refractivity contribution >= 4 is 29.6 Å². The van der Waals surface area contributed by atoms with Crippen LogP contribution in [0.2, 0.25) is 5.02 Å². The maximum Gasteiger partial charge on any atom is 0.411 e. The minimum Gasteiger partial charge on any atom is -0.481 e. The molecule has 2 atom stereocenters. The number of amides is 1. The predicted octanol–water partition coefficient (Wildman–Crippen LogP) is 4.90. The van der Waals surface area contributed by atoms with Gasteiger partial charge in [-0.2, -0.15) is 0 Å². The van der Waals surface area contributed by atoms with Crippen molar-refractivity contribution in [2.24, 2.45) is 5.92 Å². The smallest absolute Gasteiger partial charge is 0.411 e. The molecular formula is C24H27ClNO6. The zero-order valence-corrected chi connectivity index (χ0v) is 19.0. The molecule has 2 aromatic rings. The lowest BCUT2D eigenvalue weighted by molar-refractivity contribution is -0.172. The number of alkyl carbamates (subject to hydrolysis) is 1. The second kappa shape index (κ2) is 11.0. The first-order chi connectivity index (χ1) is 15.0. The molecule has 171 valence electrons. The van der Waals surface area contributed by atoms with Crippen LogP contribution < -0.4 is 5.32 Å². The molecule has 7 nitrogen and oxygen atoms in total. The van der Waals surface area contributed by atoms with Crippen LogP contribution in [0.5, 0.6) is 0 Å². The summed E-state index contributed by atoms with van der Waals surface area (Å²) in [4.78, 5) is 35.8. The standard InChI is InChI=1S/C24H27ClNO6/c1-15(2)22(31-17(4)27)32-23(30)26-24(14-13-21(28)29,18-7-5-16(3)6-8-18)19-9-11-20(25)12-10-19/h5-12,15,22H,3,13-14H2,1-2,4H3,(H,26,30)(H,28,29). The van der Waals surface area contributed by atoms with Crippen LogP contribution in [0.25, 0.3) is 0 Å². The Morgan fingerprint density at radius 3 is 2.03 bits per heavy atom. The van der Waals surface area contributed by atoms with Crippen LogP contribution in [0.3, 0.4) is 0 Å². The Bertz CT molecular complexity index is 894. The van der Waals surface area contributed by atoms with Gasteiger partial charge in [-0.3, -0.25) is 9.59 Å². The minimum absolute atomic E-state index is 0.0372. The van der Waals surface area contributed by atoms with Crippen LogP contribution in [-0.4, -0.2) is 29.4 Å². The number of rotatable bonds is 9. The molecule has 1 radical (unpaired) electrons. The van der Waals surface area contributed by atoms with Gasteiger partial charge < -0.3 is 19.9 Å². The number of nitrogens with one attached hydrogen (secondary N) is 1. The largest absolute Gasteiger partial charge is 0.481 e. The second-order valence-corrected chi connectivity index (χ2v) is 8.19. The molecule has 0 aliphatic rings. The van der Waals surface area contributed by atoms with Crippen molar-refractivity contribution in [2.75, 3.05) is 0 Å². The van der Waals surface area contributed by atoms with Crippen molar-refractivity contribution in [3.8, 4) is 0 Å². The van der Waals surface area contributed by atoms with E-state index >= 15 is 0 Å². The predicted molar refractivity (Wildman–Crippen MR) is 120 cm³/mol. The zero-order valence-electron chi connectivity index (χ0n) is 18.3. The van der Waals surface area contributed by atoms with Crippen LogP contribution in [0, 0.1) is 12.8 Å². The molecule has 2 aromatic carbocycles. The summed E-state index contributed by atoms with van der Waals surface area (Å²) in [7, 11) is 0. The van der Waals surface area contributed by atoms with Crippen molar-refractivity contribution < 1.29 is 29.0 Å². The monoisotopic (exact) mass is 460 g/mol. The van der Waals surface area contributed by atoms with E-state index < -0.39 is 29.9 Å². The highest BCUT2D eigenvalue weighted by molar-refractivity contribution is 6.30. The molecule has 0 spiro atoms. The maximum absolute atomic E-state index is 13.0. The number of carboxylic acid groups (broad SMARTS) is 1. The van der Waals surface area contributed by atoms with Crippen molar-refractivity contribution in [1.29, 1.82) is 0 Å². The first-order valence-corrected chi connectivity index (χ1v) is 10.5. The first kappa shape index (κ1) is 25.2. The van der Waals surface area contributed by atoms with Crippen LogP contribution in [0.4, 0.5) is 4.79 Å². The highest BCUT2D eigenvalue weighted by atomic mass is 35.5. The number of hydrogen-bond donors (Lipinski definition) is 2. The lowest BCUT2D eigenvalue weighted by atomic mass is 9.79. The SMILES string of the molecule is [CH2]c1ccc(C(CCC(=O)O)(NC(=O)OC(OC(C)=O)C(C)C)c2ccc(Cl)cc2)cc1. The molecule has 0 aliphatic heterocycles. The van der Waals surface area contributed by atoms with E-state index in [0.29, 0.717) is 16.1 Å². The average molecular weight is 461 g/mol. The van der Waals surface area contributed by atoms with E-state index in [1.165, 1.54) is 6.92 Å². The van der Waals surface area contributed by atoms with Crippen LogP contribution in [0.1, 0.15) is 50.3 Å². The fraction of sp³-hybridized carbons (Fsp3) is 0.333. The fourth-order valence-electron chi connectivity index (χ4n) is 3.25. The van der Waals surface area contributed by atoms with Gasteiger partial charge in [0.1, 0.15) is 0 Å². The average Bonchev–Trinajstić information content (AvgIpc) is 2.71. The molecule has 0 fully saturated rings.